The standard InChI is InChI=1S/C16H17NO2/c1-12(10-13-6-8-17-9-7-13)14-4-5-15(18-2)16(11-14)19-3/h4-9,11H,1,10H2,2-3H3. The number of hydrogen-bond acceptors (Lipinski definition) is 3. The van der Waals surface area contributed by atoms with E-state index in [0.717, 1.165) is 29.1 Å². The summed E-state index contributed by atoms with van der Waals surface area (Å²) in [6, 6.07) is 9.82. The Bertz CT molecular complexity index is 564. The summed E-state index contributed by atoms with van der Waals surface area (Å²) in [5.74, 6) is 1.44. The maximum Gasteiger partial charge on any atom is 0.161 e. The van der Waals surface area contributed by atoms with Crippen molar-refractivity contribution in [2.24, 2.45) is 0 Å². The average molecular weight is 255 g/mol. The molecule has 1 heterocycles. The lowest BCUT2D eigenvalue weighted by atomic mass is 10.00. The summed E-state index contributed by atoms with van der Waals surface area (Å²) >= 11 is 0. The van der Waals surface area contributed by atoms with Crippen molar-refractivity contribution in [1.29, 1.82) is 0 Å². The van der Waals surface area contributed by atoms with Crippen LogP contribution in [0, 0.1) is 0 Å². The third-order valence-corrected chi connectivity index (χ3v) is 2.96. The maximum absolute atomic E-state index is 5.30. The van der Waals surface area contributed by atoms with Crippen molar-refractivity contribution in [3.8, 4) is 11.5 Å². The predicted molar refractivity (Wildman–Crippen MR) is 76.5 cm³/mol. The molecule has 3 nitrogen and oxygen atoms in total. The number of ether oxygens (including phenoxy) is 2. The van der Waals surface area contributed by atoms with Gasteiger partial charge in [0.05, 0.1) is 14.2 Å². The molecule has 1 aromatic carbocycles. The predicted octanol–water partition coefficient (Wildman–Crippen LogP) is 3.35. The molecule has 0 N–H and O–H groups in total. The van der Waals surface area contributed by atoms with E-state index < -0.39 is 0 Å². The lowest BCUT2D eigenvalue weighted by Gasteiger charge is -2.11. The van der Waals surface area contributed by atoms with E-state index in [-0.39, 0.29) is 0 Å². The van der Waals surface area contributed by atoms with E-state index in [4.69, 9.17) is 9.47 Å². The van der Waals surface area contributed by atoms with Crippen molar-refractivity contribution < 1.29 is 9.47 Å². The van der Waals surface area contributed by atoms with Crippen molar-refractivity contribution in [2.75, 3.05) is 14.2 Å². The minimum absolute atomic E-state index is 0.718. The molecule has 0 atom stereocenters. The van der Waals surface area contributed by atoms with E-state index in [1.54, 1.807) is 26.6 Å². The van der Waals surface area contributed by atoms with Crippen LogP contribution in [0.1, 0.15) is 11.1 Å². The summed E-state index contributed by atoms with van der Waals surface area (Å²) in [5.41, 5.74) is 3.27. The number of methoxy groups -OCH3 is 2. The Morgan fingerprint density at radius 3 is 2.37 bits per heavy atom. The van der Waals surface area contributed by atoms with Crippen molar-refractivity contribution in [1.82, 2.24) is 4.98 Å². The molecule has 0 spiro atoms. The molecular weight excluding hydrogens is 238 g/mol. The summed E-state index contributed by atoms with van der Waals surface area (Å²) in [6.07, 6.45) is 4.37. The minimum Gasteiger partial charge on any atom is -0.493 e. The zero-order chi connectivity index (χ0) is 13.7. The van der Waals surface area contributed by atoms with Gasteiger partial charge in [0.25, 0.3) is 0 Å². The number of benzene rings is 1. The van der Waals surface area contributed by atoms with Gasteiger partial charge in [0.2, 0.25) is 0 Å². The molecule has 0 aliphatic carbocycles. The third kappa shape index (κ3) is 3.13. The third-order valence-electron chi connectivity index (χ3n) is 2.96. The van der Waals surface area contributed by atoms with E-state index in [1.807, 2.05) is 30.3 Å². The summed E-state index contributed by atoms with van der Waals surface area (Å²) in [7, 11) is 3.26. The topological polar surface area (TPSA) is 31.4 Å². The lowest BCUT2D eigenvalue weighted by Crippen LogP contribution is -1.94. The lowest BCUT2D eigenvalue weighted by molar-refractivity contribution is 0.355. The van der Waals surface area contributed by atoms with Crippen molar-refractivity contribution in [3.63, 3.8) is 0 Å². The molecule has 3 heteroatoms. The summed E-state index contributed by atoms with van der Waals surface area (Å²) in [6.45, 7) is 4.13. The first-order valence-corrected chi connectivity index (χ1v) is 6.03. The normalized spacial score (nSPS) is 10.0. The average Bonchev–Trinajstić information content (AvgIpc) is 2.47. The fourth-order valence-electron chi connectivity index (χ4n) is 1.91. The molecule has 2 rings (SSSR count). The zero-order valence-corrected chi connectivity index (χ0v) is 11.2. The van der Waals surface area contributed by atoms with Gasteiger partial charge in [-0.05, 0) is 47.4 Å². The van der Waals surface area contributed by atoms with Gasteiger partial charge in [-0.1, -0.05) is 12.6 Å². The van der Waals surface area contributed by atoms with Gasteiger partial charge in [0, 0.05) is 12.4 Å². The highest BCUT2D eigenvalue weighted by Gasteiger charge is 2.07. The number of hydrogen-bond donors (Lipinski definition) is 0. The van der Waals surface area contributed by atoms with Crippen molar-refractivity contribution >= 4 is 5.57 Å². The zero-order valence-electron chi connectivity index (χ0n) is 11.2. The van der Waals surface area contributed by atoms with Crippen LogP contribution in [0.4, 0.5) is 0 Å². The van der Waals surface area contributed by atoms with Crippen molar-refractivity contribution in [2.45, 2.75) is 6.42 Å². The molecule has 0 radical (unpaired) electrons. The van der Waals surface area contributed by atoms with Gasteiger partial charge in [-0.2, -0.15) is 0 Å². The van der Waals surface area contributed by atoms with Gasteiger partial charge in [0.1, 0.15) is 0 Å². The highest BCUT2D eigenvalue weighted by atomic mass is 16.5. The van der Waals surface area contributed by atoms with Crippen LogP contribution in [-0.4, -0.2) is 19.2 Å². The van der Waals surface area contributed by atoms with Crippen LogP contribution >= 0.6 is 0 Å². The van der Waals surface area contributed by atoms with Crippen LogP contribution in [0.25, 0.3) is 5.57 Å². The van der Waals surface area contributed by atoms with E-state index in [2.05, 4.69) is 11.6 Å². The molecule has 0 saturated heterocycles. The number of rotatable bonds is 5. The summed E-state index contributed by atoms with van der Waals surface area (Å²) < 4.78 is 10.5. The molecule has 0 aliphatic rings. The highest BCUT2D eigenvalue weighted by molar-refractivity contribution is 5.68. The SMILES string of the molecule is C=C(Cc1ccncc1)c1ccc(OC)c(OC)c1. The van der Waals surface area contributed by atoms with E-state index in [9.17, 15) is 0 Å². The van der Waals surface area contributed by atoms with Gasteiger partial charge in [-0.15, -0.1) is 0 Å². The Balaban J connectivity index is 2.20. The van der Waals surface area contributed by atoms with Crippen LogP contribution in [-0.2, 0) is 6.42 Å². The largest absolute Gasteiger partial charge is 0.493 e. The monoisotopic (exact) mass is 255 g/mol. The molecule has 0 amide bonds. The van der Waals surface area contributed by atoms with Crippen LogP contribution in [0.5, 0.6) is 11.5 Å². The van der Waals surface area contributed by atoms with Crippen LogP contribution < -0.4 is 9.47 Å². The maximum atomic E-state index is 5.30. The van der Waals surface area contributed by atoms with E-state index in [0.29, 0.717) is 0 Å². The van der Waals surface area contributed by atoms with Gasteiger partial charge in [-0.3, -0.25) is 4.98 Å². The first kappa shape index (κ1) is 13.1. The second-order valence-electron chi connectivity index (χ2n) is 4.21. The Morgan fingerprint density at radius 1 is 1.05 bits per heavy atom. The minimum atomic E-state index is 0.718. The quantitative estimate of drug-likeness (QED) is 0.821. The molecule has 0 bridgehead atoms. The van der Waals surface area contributed by atoms with Crippen LogP contribution in [0.15, 0.2) is 49.3 Å². The molecular formula is C16H17NO2. The van der Waals surface area contributed by atoms with Crippen LogP contribution in [0.2, 0.25) is 0 Å². The first-order chi connectivity index (χ1) is 9.24. The molecule has 2 aromatic rings. The Kier molecular flexibility index (Phi) is 4.18. The van der Waals surface area contributed by atoms with Crippen molar-refractivity contribution in [3.05, 3.63) is 60.4 Å². The number of aromatic nitrogens is 1. The van der Waals surface area contributed by atoms with Gasteiger partial charge in [-0.25, -0.2) is 0 Å². The van der Waals surface area contributed by atoms with E-state index >= 15 is 0 Å². The Labute approximate surface area is 113 Å². The molecule has 0 unspecified atom stereocenters. The molecule has 0 aliphatic heterocycles. The fourth-order valence-corrected chi connectivity index (χ4v) is 1.91. The van der Waals surface area contributed by atoms with Crippen LogP contribution in [0.3, 0.4) is 0 Å². The summed E-state index contributed by atoms with van der Waals surface area (Å²) in [5, 5.41) is 0. The number of nitrogens with zero attached hydrogens (tertiary/aromatic N) is 1. The molecule has 1 aromatic heterocycles. The molecule has 19 heavy (non-hydrogen) atoms. The fraction of sp³-hybridized carbons (Fsp3) is 0.188. The number of pyridine rings is 1. The highest BCUT2D eigenvalue weighted by Crippen LogP contribution is 2.30. The summed E-state index contributed by atoms with van der Waals surface area (Å²) in [4.78, 5) is 4.01. The van der Waals surface area contributed by atoms with E-state index in [1.165, 1.54) is 5.56 Å². The smallest absolute Gasteiger partial charge is 0.161 e. The Morgan fingerprint density at radius 2 is 1.74 bits per heavy atom. The molecule has 98 valence electrons. The molecule has 0 saturated carbocycles. The number of allylic oxidation sites excluding steroid dienone is 1. The van der Waals surface area contributed by atoms with Gasteiger partial charge in [0.15, 0.2) is 11.5 Å². The first-order valence-electron chi connectivity index (χ1n) is 6.03. The second-order valence-corrected chi connectivity index (χ2v) is 4.21. The molecule has 0 fully saturated rings. The Hall–Kier alpha value is -2.29. The van der Waals surface area contributed by atoms with Gasteiger partial charge >= 0.3 is 0 Å². The van der Waals surface area contributed by atoms with Gasteiger partial charge < -0.3 is 9.47 Å². The second kappa shape index (κ2) is 6.05.